The zero-order valence-corrected chi connectivity index (χ0v) is 60.6. The largest absolute Gasteiger partial charge is 0.506 e. The van der Waals surface area contributed by atoms with Gasteiger partial charge in [-0.1, -0.05) is 12.1 Å². The normalized spacial score (nSPS) is 23.2. The van der Waals surface area contributed by atoms with Crippen molar-refractivity contribution in [3.8, 4) is 38.4 Å². The summed E-state index contributed by atoms with van der Waals surface area (Å²) in [6.07, 6.45) is -7.69. The molecule has 10 atom stereocenters. The number of carbonyl (C=O) groups excluding carboxylic acids is 6. The number of aliphatic carboxylic acids is 1. The third-order valence-corrected chi connectivity index (χ3v) is 21.6. The van der Waals surface area contributed by atoms with Gasteiger partial charge in [0.25, 0.3) is 17.7 Å². The van der Waals surface area contributed by atoms with Gasteiger partial charge in [-0.2, -0.15) is 17.9 Å². The highest BCUT2D eigenvalue weighted by Crippen LogP contribution is 2.43. The molecular weight excluding hydrogens is 1500 g/mol. The number of carbonyl (C=O) groups is 7. The number of aromatic hydroxyl groups is 1. The van der Waals surface area contributed by atoms with Crippen molar-refractivity contribution >= 4 is 115 Å². The lowest BCUT2D eigenvalue weighted by Crippen LogP contribution is -2.62. The summed E-state index contributed by atoms with van der Waals surface area (Å²) in [7, 11) is 4.89. The minimum absolute atomic E-state index is 0.00789. The van der Waals surface area contributed by atoms with E-state index < -0.39 is 134 Å². The molecule has 0 aliphatic carbocycles. The zero-order valence-electron chi connectivity index (χ0n) is 56.6. The van der Waals surface area contributed by atoms with Crippen molar-refractivity contribution in [3.63, 3.8) is 0 Å². The van der Waals surface area contributed by atoms with Gasteiger partial charge in [-0.05, 0) is 59.5 Å². The summed E-state index contributed by atoms with van der Waals surface area (Å²) in [6.45, 7) is 5.20. The van der Waals surface area contributed by atoms with Crippen LogP contribution in [0.4, 0.5) is 13.2 Å². The Morgan fingerprint density at radius 1 is 0.840 bits per heavy atom. The molecule has 0 unspecified atom stereocenters. The highest BCUT2D eigenvalue weighted by atomic mass is 32.1. The number of hydrogen-bond donors (Lipinski definition) is 10. The number of carboxylic acids is 1. The lowest BCUT2D eigenvalue weighted by atomic mass is 9.85. The number of halogens is 3. The molecule has 10 N–H and O–H groups in total. The maximum Gasteiger partial charge on any atom is 0.490 e. The van der Waals surface area contributed by atoms with Crippen LogP contribution in [-0.2, 0) is 69.1 Å². The van der Waals surface area contributed by atoms with E-state index in [9.17, 15) is 43.3 Å². The Hall–Kier alpha value is -9.92. The van der Waals surface area contributed by atoms with Crippen LogP contribution in [0.25, 0.3) is 49.3 Å². The molecule has 106 heavy (non-hydrogen) atoms. The first-order chi connectivity index (χ1) is 50.5. The predicted octanol–water partition coefficient (Wildman–Crippen LogP) is 5.88. The number of aliphatic hydroxyl groups excluding tert-OH is 1. The van der Waals surface area contributed by atoms with Gasteiger partial charge in [0.05, 0.1) is 48.8 Å². The third kappa shape index (κ3) is 16.1. The van der Waals surface area contributed by atoms with Crippen LogP contribution in [0, 0.1) is 0 Å². The number of thiazole rings is 5. The Balaban J connectivity index is 0.00000143. The molecule has 0 radical (unpaired) electrons. The fraction of sp³-hybridized carbons (Fsp3) is 0.369. The molecule has 12 bridgehead atoms. The lowest BCUT2D eigenvalue weighted by molar-refractivity contribution is -0.280. The van der Waals surface area contributed by atoms with E-state index in [1.54, 1.807) is 68.1 Å². The van der Waals surface area contributed by atoms with E-state index in [2.05, 4.69) is 46.5 Å². The van der Waals surface area contributed by atoms with Crippen LogP contribution >= 0.6 is 56.7 Å². The van der Waals surface area contributed by atoms with E-state index in [1.807, 2.05) is 0 Å². The molecule has 33 nitrogen and oxygen atoms in total. The first-order valence-corrected chi connectivity index (χ1v) is 36.3. The van der Waals surface area contributed by atoms with Gasteiger partial charge < -0.3 is 85.5 Å². The van der Waals surface area contributed by atoms with E-state index in [4.69, 9.17) is 58.3 Å². The molecule has 4 amide bonds. The number of esters is 2. The summed E-state index contributed by atoms with van der Waals surface area (Å²) in [5, 5.41) is 77.2. The second-order valence-corrected chi connectivity index (χ2v) is 29.1. The average Bonchev–Trinajstić information content (AvgIpc) is 1.59. The number of fused-ring (bicyclic) bond motifs is 15. The molecule has 1 aromatic carbocycles. The van der Waals surface area contributed by atoms with Crippen LogP contribution in [0.3, 0.4) is 0 Å². The summed E-state index contributed by atoms with van der Waals surface area (Å²) in [4.78, 5) is 137. The van der Waals surface area contributed by atoms with Gasteiger partial charge >= 0.3 is 24.1 Å². The third-order valence-electron chi connectivity index (χ3n) is 17.1. The number of allylic oxidation sites excluding steroid dienone is 1. The molecule has 12 heterocycles. The maximum atomic E-state index is 15.2. The number of alkyl halides is 3. The van der Waals surface area contributed by atoms with Crippen LogP contribution in [-0.4, -0.2) is 199 Å². The molecule has 558 valence electrons. The quantitative estimate of drug-likeness (QED) is 0.0434. The van der Waals surface area contributed by atoms with Crippen molar-refractivity contribution in [2.75, 3.05) is 27.8 Å². The Morgan fingerprint density at radius 3 is 2.19 bits per heavy atom. The van der Waals surface area contributed by atoms with Crippen LogP contribution < -0.4 is 26.6 Å². The number of pyridine rings is 1. The van der Waals surface area contributed by atoms with Gasteiger partial charge in [0, 0.05) is 80.9 Å². The van der Waals surface area contributed by atoms with Gasteiger partial charge in [-0.3, -0.25) is 19.2 Å². The Bertz CT molecular complexity index is 4880. The van der Waals surface area contributed by atoms with Crippen molar-refractivity contribution in [2.24, 2.45) is 0 Å². The SMILES string of the molecule is CO/C(C)=C1/NC(=O)[C@H]([C@@H](C)O)NC(=O)c2csc(n2)-c2cc(O)c(-c3nc(CNCc4cncnc4)cs3)nc2-c2csc(n2)[C@@H]2COC(=O)c3c4c5c(cccc5n3O)COC(=O)[C@@H](O[C@H]3C[C@](C)(O)[C@H](N(C)C)[C@H](C)O3)[C@@H](OC4)[C@H](NC(=O)c3csc1n3)c1nc(cs1)C(=O)N2.O=C(O)C(F)(F)F. The number of benzene rings is 1. The summed E-state index contributed by atoms with van der Waals surface area (Å²) in [5.41, 5.74) is -0.287. The molecule has 9 aromatic rings. The van der Waals surface area contributed by atoms with E-state index in [0.717, 1.165) is 50.9 Å². The van der Waals surface area contributed by atoms with E-state index in [0.29, 0.717) is 34.1 Å². The number of ether oxygens (including phenoxy) is 6. The average molecular weight is 1560 g/mol. The molecule has 1 saturated heterocycles. The molecule has 41 heteroatoms. The van der Waals surface area contributed by atoms with E-state index in [1.165, 1.54) is 66.9 Å². The van der Waals surface area contributed by atoms with Gasteiger partial charge in [0.1, 0.15) is 120 Å². The lowest BCUT2D eigenvalue weighted by Gasteiger charge is -2.48. The number of amides is 4. The first kappa shape index (κ1) is 75.8. The number of aliphatic hydroxyl groups is 2. The summed E-state index contributed by atoms with van der Waals surface area (Å²) in [5.74, 6) is -8.74. The number of methoxy groups -OCH3 is 1. The van der Waals surface area contributed by atoms with Gasteiger partial charge in [0.2, 0.25) is 5.91 Å². The van der Waals surface area contributed by atoms with Crippen molar-refractivity contribution in [1.82, 2.24) is 76.1 Å². The smallest absolute Gasteiger partial charge is 0.490 e. The topological polar surface area (TPSA) is 447 Å². The summed E-state index contributed by atoms with van der Waals surface area (Å²) in [6, 6.07) is 0.999. The van der Waals surface area contributed by atoms with Crippen molar-refractivity contribution < 1.29 is 101 Å². The number of rotatable bonds is 10. The minimum Gasteiger partial charge on any atom is -0.506 e. The first-order valence-electron chi connectivity index (χ1n) is 31.9. The Labute approximate surface area is 617 Å². The molecule has 1 fully saturated rings. The number of nitrogens with one attached hydrogen (secondary N) is 5. The van der Waals surface area contributed by atoms with Crippen molar-refractivity contribution in [3.05, 3.63) is 136 Å². The second-order valence-electron chi connectivity index (χ2n) is 24.8. The number of cyclic esters (lactones) is 2. The second kappa shape index (κ2) is 31.3. The maximum absolute atomic E-state index is 15.2. The fourth-order valence-corrected chi connectivity index (χ4v) is 16.4. The molecule has 13 rings (SSSR count). The zero-order chi connectivity index (χ0) is 75.8. The number of aromatic nitrogens is 9. The standard InChI is InChI=1S/C63H63N15O16S5.C2HF3O2/c1-26(79)43-55(84)75-44(27(2)89-7)58-71-38(24-98-58)54(83)76-47-49-50(94-41-12-63(4,87)51(77(5)6)28(3)93-41)62(86)91-17-30-9-8-10-39-42(30)33(18-90-49)48(78(39)88)61(85)92-19-34(68-52(81)36-23-99-60(47)72-36)57-69-35(21-97-57)45-32(56-70-37(22-96-56)53(82)74-43)11-40(80)46(73-45)59-67-31(20-95-59)16-64-13-29-14-65-25-66-15-29;3-2(4,5)1(6)7/h8-11,14-15,20-26,28,34,41,43,47,49-51,64,79-80,87-88H,12-13,16-19H2,1-7H3,(H,68,81)(H,74,82)(H,75,84)(H,76,83);(H,6,7)/b44-27+;/t26-,28+,34+,41+,43+,47+,49+,50+,51-,63+;/m1./s1. The monoisotopic (exact) mass is 1560 g/mol. The molecule has 4 aliphatic rings. The van der Waals surface area contributed by atoms with Crippen LogP contribution in [0.1, 0.15) is 126 Å². The molecule has 8 aromatic heterocycles. The van der Waals surface area contributed by atoms with Crippen LogP contribution in [0.15, 0.2) is 75.6 Å². The number of hydrogen-bond acceptors (Lipinski definition) is 32. The van der Waals surface area contributed by atoms with Crippen molar-refractivity contribution in [1.29, 1.82) is 0 Å². The van der Waals surface area contributed by atoms with Gasteiger partial charge in [-0.25, -0.2) is 54.3 Å². The molecule has 0 spiro atoms. The fourth-order valence-electron chi connectivity index (χ4n) is 12.2. The summed E-state index contributed by atoms with van der Waals surface area (Å²) >= 11 is 5.00. The van der Waals surface area contributed by atoms with Gasteiger partial charge in [-0.15, -0.1) is 56.7 Å². The van der Waals surface area contributed by atoms with E-state index in [-0.39, 0.29) is 99.9 Å². The molecule has 4 aliphatic heterocycles. The van der Waals surface area contributed by atoms with Crippen LogP contribution in [0.2, 0.25) is 0 Å². The van der Waals surface area contributed by atoms with E-state index >= 15 is 19.2 Å². The van der Waals surface area contributed by atoms with Gasteiger partial charge in [0.15, 0.2) is 18.1 Å². The summed E-state index contributed by atoms with van der Waals surface area (Å²) < 4.78 is 70.1. The number of carboxylic acid groups (broad SMARTS) is 1. The highest BCUT2D eigenvalue weighted by Gasteiger charge is 2.50. The number of nitrogens with zero attached hydrogens (tertiary/aromatic N) is 10. The molecular formula is C65H64F3N15O18S5. The highest BCUT2D eigenvalue weighted by molar-refractivity contribution is 7.14. The predicted molar refractivity (Wildman–Crippen MR) is 371 cm³/mol. The van der Waals surface area contributed by atoms with Crippen molar-refractivity contribution in [2.45, 2.75) is 127 Å². The number of likely N-dealkylation sites (N-methyl/N-ethyl adjacent to an activating group) is 1. The molecule has 0 saturated carbocycles. The Morgan fingerprint density at radius 2 is 1.49 bits per heavy atom. The minimum atomic E-state index is -5.08. The van der Waals surface area contributed by atoms with Crippen LogP contribution in [0.5, 0.6) is 5.75 Å². The Kier molecular flexibility index (Phi) is 22.3.